The lowest BCUT2D eigenvalue weighted by molar-refractivity contribution is -0.386. The number of hydrogen-bond donors (Lipinski definition) is 3. The van der Waals surface area contributed by atoms with E-state index in [9.17, 15) is 19.7 Å². The highest BCUT2D eigenvalue weighted by molar-refractivity contribution is 7.80. The van der Waals surface area contributed by atoms with Gasteiger partial charge in [0, 0.05) is 5.75 Å². The second-order valence-electron chi connectivity index (χ2n) is 3.67. The van der Waals surface area contributed by atoms with Crippen molar-refractivity contribution in [2.45, 2.75) is 13.0 Å². The summed E-state index contributed by atoms with van der Waals surface area (Å²) >= 11 is 3.92. The van der Waals surface area contributed by atoms with E-state index in [-0.39, 0.29) is 18.2 Å². The Morgan fingerprint density at radius 1 is 1.57 bits per heavy atom. The summed E-state index contributed by atoms with van der Waals surface area (Å²) < 4.78 is 9.43. The molecule has 2 N–H and O–H groups in total. The number of aromatic nitrogens is 2. The molecule has 116 valence electrons. The van der Waals surface area contributed by atoms with Gasteiger partial charge in [0.05, 0.1) is 18.6 Å². The first-order valence-electron chi connectivity index (χ1n) is 5.81. The number of thiol groups is 1. The van der Waals surface area contributed by atoms with Gasteiger partial charge < -0.3 is 14.8 Å². The third-order valence-corrected chi connectivity index (χ3v) is 2.74. The number of rotatable bonds is 7. The molecule has 0 saturated carbocycles. The third kappa shape index (κ3) is 3.84. The first-order chi connectivity index (χ1) is 9.96. The first-order valence-corrected chi connectivity index (χ1v) is 6.44. The second kappa shape index (κ2) is 7.47. The fourth-order valence-corrected chi connectivity index (χ4v) is 1.68. The number of carbonyl (C=O) groups excluding carboxylic acids is 2. The topological polar surface area (TPSA) is 136 Å². The molecule has 0 saturated heterocycles. The van der Waals surface area contributed by atoms with E-state index in [0.29, 0.717) is 0 Å². The van der Waals surface area contributed by atoms with Crippen molar-refractivity contribution in [3.05, 3.63) is 15.8 Å². The Hall–Kier alpha value is -2.30. The van der Waals surface area contributed by atoms with Gasteiger partial charge in [-0.25, -0.2) is 4.79 Å². The summed E-state index contributed by atoms with van der Waals surface area (Å²) in [5, 5.41) is 18.9. The molecule has 1 heterocycles. The molecule has 0 aliphatic heterocycles. The van der Waals surface area contributed by atoms with Crippen LogP contribution in [-0.2, 0) is 9.53 Å². The van der Waals surface area contributed by atoms with Crippen molar-refractivity contribution in [2.75, 3.05) is 19.5 Å². The molecule has 21 heavy (non-hydrogen) atoms. The molecule has 1 atom stereocenters. The number of nitrogens with one attached hydrogen (secondary N) is 2. The lowest BCUT2D eigenvalue weighted by Gasteiger charge is -2.14. The minimum atomic E-state index is -1.03. The van der Waals surface area contributed by atoms with Crippen LogP contribution in [0.2, 0.25) is 0 Å². The summed E-state index contributed by atoms with van der Waals surface area (Å²) in [6, 6.07) is -1.03. The van der Waals surface area contributed by atoms with Crippen LogP contribution in [0.15, 0.2) is 0 Å². The van der Waals surface area contributed by atoms with Gasteiger partial charge in [-0.1, -0.05) is 0 Å². The lowest BCUT2D eigenvalue weighted by Crippen LogP contribution is -2.43. The Labute approximate surface area is 124 Å². The highest BCUT2D eigenvalue weighted by Gasteiger charge is 2.32. The fraction of sp³-hybridized carbons (Fsp3) is 0.500. The quantitative estimate of drug-likeness (QED) is 0.277. The molecular weight excluding hydrogens is 304 g/mol. The van der Waals surface area contributed by atoms with Crippen LogP contribution in [0.1, 0.15) is 17.4 Å². The number of nitro groups is 1. The van der Waals surface area contributed by atoms with Crippen LogP contribution in [0, 0.1) is 10.1 Å². The van der Waals surface area contributed by atoms with Gasteiger partial charge in [-0.05, 0) is 6.92 Å². The number of amides is 1. The molecule has 10 nitrogen and oxygen atoms in total. The largest absolute Gasteiger partial charge is 0.475 e. The van der Waals surface area contributed by atoms with Crippen LogP contribution in [0.5, 0.6) is 5.88 Å². The molecular formula is C10H14N4O6S. The summed E-state index contributed by atoms with van der Waals surface area (Å²) in [6.45, 7) is 1.75. The normalized spacial score (nSPS) is 11.6. The maximum absolute atomic E-state index is 12.0. The fourth-order valence-electron chi connectivity index (χ4n) is 1.44. The van der Waals surface area contributed by atoms with Crippen LogP contribution in [0.4, 0.5) is 5.69 Å². The zero-order valence-corrected chi connectivity index (χ0v) is 12.2. The maximum atomic E-state index is 12.0. The Morgan fingerprint density at radius 3 is 2.71 bits per heavy atom. The van der Waals surface area contributed by atoms with E-state index in [1.807, 2.05) is 0 Å². The van der Waals surface area contributed by atoms with Crippen molar-refractivity contribution >= 4 is 30.2 Å². The predicted octanol–water partition coefficient (Wildman–Crippen LogP) is -0.0822. The Balaban J connectivity index is 2.96. The van der Waals surface area contributed by atoms with Crippen molar-refractivity contribution in [1.82, 2.24) is 15.5 Å². The van der Waals surface area contributed by atoms with Gasteiger partial charge in [-0.15, -0.1) is 5.10 Å². The minimum Gasteiger partial charge on any atom is -0.475 e. The number of aromatic amines is 1. The number of methoxy groups -OCH3 is 1. The molecule has 1 aromatic rings. The number of esters is 1. The van der Waals surface area contributed by atoms with Gasteiger partial charge in [-0.2, -0.15) is 12.6 Å². The standard InChI is InChI=1S/C10H14N4O6S/c1-3-20-10(16)5(4-21)11-8(15)6-7(14(17)18)9(19-2)13-12-6/h5,21H,3-4H2,1-2H3,(H,11,15)(H,12,13)/t5-/m0/s1. The number of H-pyrrole nitrogens is 1. The van der Waals surface area contributed by atoms with Crippen molar-refractivity contribution in [1.29, 1.82) is 0 Å². The Bertz CT molecular complexity index is 546. The smallest absolute Gasteiger partial charge is 0.362 e. The van der Waals surface area contributed by atoms with Crippen molar-refractivity contribution in [3.63, 3.8) is 0 Å². The molecule has 1 rings (SSSR count). The van der Waals surface area contributed by atoms with E-state index in [0.717, 1.165) is 0 Å². The Morgan fingerprint density at radius 2 is 2.24 bits per heavy atom. The molecule has 0 aromatic carbocycles. The number of nitrogens with zero attached hydrogens (tertiary/aromatic N) is 2. The van der Waals surface area contributed by atoms with Crippen LogP contribution in [0.3, 0.4) is 0 Å². The van der Waals surface area contributed by atoms with E-state index in [1.165, 1.54) is 7.11 Å². The summed E-state index contributed by atoms with van der Waals surface area (Å²) in [7, 11) is 1.18. The minimum absolute atomic E-state index is 0.0242. The monoisotopic (exact) mass is 318 g/mol. The van der Waals surface area contributed by atoms with Crippen LogP contribution >= 0.6 is 12.6 Å². The molecule has 0 spiro atoms. The molecule has 0 unspecified atom stereocenters. The van der Waals surface area contributed by atoms with E-state index in [1.54, 1.807) is 6.92 Å². The first kappa shape index (κ1) is 16.8. The van der Waals surface area contributed by atoms with Gasteiger partial charge in [-0.3, -0.25) is 20.0 Å². The van der Waals surface area contributed by atoms with E-state index >= 15 is 0 Å². The predicted molar refractivity (Wildman–Crippen MR) is 73.5 cm³/mol. The third-order valence-electron chi connectivity index (χ3n) is 2.37. The van der Waals surface area contributed by atoms with Gasteiger partial charge in [0.2, 0.25) is 5.69 Å². The number of carbonyl (C=O) groups is 2. The van der Waals surface area contributed by atoms with Gasteiger partial charge >= 0.3 is 17.5 Å². The van der Waals surface area contributed by atoms with Crippen molar-refractivity contribution < 1.29 is 24.0 Å². The van der Waals surface area contributed by atoms with E-state index in [2.05, 4.69) is 32.9 Å². The molecule has 0 radical (unpaired) electrons. The van der Waals surface area contributed by atoms with Crippen molar-refractivity contribution in [2.24, 2.45) is 0 Å². The van der Waals surface area contributed by atoms with Crippen molar-refractivity contribution in [3.8, 4) is 5.88 Å². The van der Waals surface area contributed by atoms with E-state index < -0.39 is 34.2 Å². The second-order valence-corrected chi connectivity index (χ2v) is 4.04. The molecule has 0 aliphatic carbocycles. The molecule has 0 bridgehead atoms. The molecule has 1 amide bonds. The zero-order chi connectivity index (χ0) is 16.0. The number of hydrogen-bond acceptors (Lipinski definition) is 8. The molecule has 1 aromatic heterocycles. The highest BCUT2D eigenvalue weighted by Crippen LogP contribution is 2.27. The number of ether oxygens (including phenoxy) is 2. The highest BCUT2D eigenvalue weighted by atomic mass is 32.1. The zero-order valence-electron chi connectivity index (χ0n) is 11.3. The summed E-state index contributed by atoms with van der Waals surface area (Å²) in [5.41, 5.74) is -1.04. The SMILES string of the molecule is CCOC(=O)[C@H](CS)NC(=O)c1[nH]nc(OC)c1[N+](=O)[O-]. The summed E-state index contributed by atoms with van der Waals surface area (Å²) in [6.07, 6.45) is 0. The Kier molecular flexibility index (Phi) is 5.96. The van der Waals surface area contributed by atoms with Crippen LogP contribution in [-0.4, -0.2) is 52.5 Å². The molecule has 0 aliphatic rings. The van der Waals surface area contributed by atoms with Crippen LogP contribution in [0.25, 0.3) is 0 Å². The summed E-state index contributed by atoms with van der Waals surface area (Å²) in [4.78, 5) is 33.7. The average molecular weight is 318 g/mol. The molecule has 11 heteroatoms. The maximum Gasteiger partial charge on any atom is 0.362 e. The van der Waals surface area contributed by atoms with E-state index in [4.69, 9.17) is 4.74 Å². The lowest BCUT2D eigenvalue weighted by atomic mass is 10.3. The average Bonchev–Trinajstić information content (AvgIpc) is 2.88. The summed E-state index contributed by atoms with van der Waals surface area (Å²) in [5.74, 6) is -1.92. The van der Waals surface area contributed by atoms with Gasteiger partial charge in [0.15, 0.2) is 0 Å². The van der Waals surface area contributed by atoms with Gasteiger partial charge in [0.25, 0.3) is 5.91 Å². The van der Waals surface area contributed by atoms with Crippen LogP contribution < -0.4 is 10.1 Å². The molecule has 0 fully saturated rings. The van der Waals surface area contributed by atoms with Gasteiger partial charge in [0.1, 0.15) is 6.04 Å².